The van der Waals surface area contributed by atoms with Crippen molar-refractivity contribution < 1.29 is 9.90 Å². The Bertz CT molecular complexity index is 728. The molecule has 0 fully saturated rings. The molecule has 0 unspecified atom stereocenters. The molecule has 23 heavy (non-hydrogen) atoms. The van der Waals surface area contributed by atoms with Crippen molar-refractivity contribution in [1.82, 2.24) is 15.1 Å². The van der Waals surface area contributed by atoms with Gasteiger partial charge < -0.3 is 10.4 Å². The monoisotopic (exact) mass is 313 g/mol. The summed E-state index contributed by atoms with van der Waals surface area (Å²) in [7, 11) is 0. The molecule has 120 valence electrons. The Kier molecular flexibility index (Phi) is 5.33. The van der Waals surface area contributed by atoms with Gasteiger partial charge in [-0.3, -0.25) is 5.32 Å². The van der Waals surface area contributed by atoms with E-state index in [0.29, 0.717) is 17.8 Å². The molecule has 2 rings (SSSR count). The second-order valence-electron chi connectivity index (χ2n) is 5.13. The Morgan fingerprint density at radius 2 is 2.26 bits per heavy atom. The second kappa shape index (κ2) is 7.42. The average molecular weight is 313 g/mol. The van der Waals surface area contributed by atoms with Crippen LogP contribution in [0.1, 0.15) is 24.6 Å². The summed E-state index contributed by atoms with van der Waals surface area (Å²) in [6, 6.07) is 10.2. The Morgan fingerprint density at radius 3 is 2.91 bits per heavy atom. The maximum atomic E-state index is 11.9. The van der Waals surface area contributed by atoms with Crippen LogP contribution in [0.2, 0.25) is 0 Å². The van der Waals surface area contributed by atoms with E-state index in [1.165, 1.54) is 0 Å². The van der Waals surface area contributed by atoms with E-state index in [4.69, 9.17) is 10.4 Å². The van der Waals surface area contributed by atoms with E-state index in [9.17, 15) is 4.79 Å². The van der Waals surface area contributed by atoms with Crippen LogP contribution in [-0.4, -0.2) is 33.6 Å². The van der Waals surface area contributed by atoms with Gasteiger partial charge in [0.05, 0.1) is 30.0 Å². The number of urea groups is 1. The molecule has 0 aliphatic heterocycles. The van der Waals surface area contributed by atoms with E-state index in [-0.39, 0.29) is 12.6 Å². The smallest absolute Gasteiger partial charge is 0.320 e. The molecule has 0 saturated carbocycles. The molecule has 3 N–H and O–H groups in total. The zero-order chi connectivity index (χ0) is 16.8. The lowest BCUT2D eigenvalue weighted by atomic mass is 10.2. The molecule has 0 spiro atoms. The summed E-state index contributed by atoms with van der Waals surface area (Å²) in [6.07, 6.45) is 0.637. The topological polar surface area (TPSA) is 103 Å². The number of benzene rings is 1. The van der Waals surface area contributed by atoms with Gasteiger partial charge in [-0.05, 0) is 31.5 Å². The molecule has 0 bridgehead atoms. The largest absolute Gasteiger partial charge is 0.394 e. The Labute approximate surface area is 134 Å². The van der Waals surface area contributed by atoms with Gasteiger partial charge in [0.25, 0.3) is 0 Å². The molecule has 1 aromatic carbocycles. The van der Waals surface area contributed by atoms with Crippen LogP contribution in [-0.2, 0) is 0 Å². The fourth-order valence-corrected chi connectivity index (χ4v) is 2.12. The van der Waals surface area contributed by atoms with E-state index in [1.807, 2.05) is 19.9 Å². The molecule has 1 atom stereocenters. The van der Waals surface area contributed by atoms with Crippen molar-refractivity contribution in [2.75, 3.05) is 11.9 Å². The summed E-state index contributed by atoms with van der Waals surface area (Å²) in [5, 5.41) is 27.7. The highest BCUT2D eigenvalue weighted by atomic mass is 16.3. The van der Waals surface area contributed by atoms with Crippen LogP contribution >= 0.6 is 0 Å². The molecule has 1 heterocycles. The minimum Gasteiger partial charge on any atom is -0.394 e. The van der Waals surface area contributed by atoms with Gasteiger partial charge in [-0.25, -0.2) is 9.48 Å². The van der Waals surface area contributed by atoms with Crippen LogP contribution < -0.4 is 10.6 Å². The standard InChI is InChI=1S/C16H19N5O2/c1-3-13(10-22)18-16(23)19-15-7-11(2)21(20-15)14-6-4-5-12(8-14)9-17/h4-8,13,22H,3,10H2,1-2H3,(H2,18,19,20,23)/t13-/m0/s1. The number of hydrogen-bond donors (Lipinski definition) is 3. The third-order valence-corrected chi connectivity index (χ3v) is 3.40. The minimum absolute atomic E-state index is 0.113. The van der Waals surface area contributed by atoms with Gasteiger partial charge in [0, 0.05) is 11.8 Å². The van der Waals surface area contributed by atoms with Crippen molar-refractivity contribution in [3.8, 4) is 11.8 Å². The summed E-state index contributed by atoms with van der Waals surface area (Å²) in [6.45, 7) is 3.62. The van der Waals surface area contributed by atoms with Gasteiger partial charge in [0.15, 0.2) is 5.82 Å². The lowest BCUT2D eigenvalue weighted by Gasteiger charge is -2.13. The number of rotatable bonds is 5. The zero-order valence-electron chi connectivity index (χ0n) is 13.1. The molecule has 7 nitrogen and oxygen atoms in total. The number of aromatic nitrogens is 2. The maximum Gasteiger partial charge on any atom is 0.320 e. The average Bonchev–Trinajstić information content (AvgIpc) is 2.92. The summed E-state index contributed by atoms with van der Waals surface area (Å²) >= 11 is 0. The molecule has 0 radical (unpaired) electrons. The van der Waals surface area contributed by atoms with Crippen molar-refractivity contribution in [3.63, 3.8) is 0 Å². The fourth-order valence-electron chi connectivity index (χ4n) is 2.12. The number of nitrogens with one attached hydrogen (secondary N) is 2. The number of nitrogens with zero attached hydrogens (tertiary/aromatic N) is 3. The highest BCUT2D eigenvalue weighted by Crippen LogP contribution is 2.16. The molecule has 7 heteroatoms. The van der Waals surface area contributed by atoms with Crippen molar-refractivity contribution >= 4 is 11.8 Å². The zero-order valence-corrected chi connectivity index (χ0v) is 13.1. The SMILES string of the molecule is CC[C@@H](CO)NC(=O)Nc1cc(C)n(-c2cccc(C#N)c2)n1. The van der Waals surface area contributed by atoms with Crippen molar-refractivity contribution in [2.24, 2.45) is 0 Å². The first kappa shape index (κ1) is 16.5. The van der Waals surface area contributed by atoms with E-state index in [2.05, 4.69) is 21.8 Å². The lowest BCUT2D eigenvalue weighted by molar-refractivity contribution is 0.222. The second-order valence-corrected chi connectivity index (χ2v) is 5.13. The maximum absolute atomic E-state index is 11.9. The third kappa shape index (κ3) is 4.08. The highest BCUT2D eigenvalue weighted by Gasteiger charge is 2.12. The first-order valence-corrected chi connectivity index (χ1v) is 7.33. The molecule has 0 aliphatic rings. The quantitative estimate of drug-likeness (QED) is 0.785. The van der Waals surface area contributed by atoms with Gasteiger partial charge in [-0.2, -0.15) is 5.26 Å². The summed E-state index contributed by atoms with van der Waals surface area (Å²) in [5.41, 5.74) is 2.11. The van der Waals surface area contributed by atoms with Gasteiger partial charge in [-0.1, -0.05) is 13.0 Å². The fraction of sp³-hybridized carbons (Fsp3) is 0.312. The number of amides is 2. The molecule has 2 amide bonds. The molecule has 0 saturated heterocycles. The Hall–Kier alpha value is -2.85. The molecule has 2 aromatic rings. The van der Waals surface area contributed by atoms with Gasteiger partial charge in [-0.15, -0.1) is 5.10 Å². The van der Waals surface area contributed by atoms with Gasteiger partial charge >= 0.3 is 6.03 Å². The van der Waals surface area contributed by atoms with Gasteiger partial charge in [0.1, 0.15) is 0 Å². The van der Waals surface area contributed by atoms with Crippen LogP contribution in [0.5, 0.6) is 0 Å². The number of carbonyl (C=O) groups excluding carboxylic acids is 1. The molecule has 0 aliphatic carbocycles. The number of nitriles is 1. The normalized spacial score (nSPS) is 11.6. The molecular weight excluding hydrogens is 294 g/mol. The van der Waals surface area contributed by atoms with Crippen molar-refractivity contribution in [3.05, 3.63) is 41.6 Å². The summed E-state index contributed by atoms with van der Waals surface area (Å²) in [5.74, 6) is 0.398. The summed E-state index contributed by atoms with van der Waals surface area (Å²) in [4.78, 5) is 11.9. The first-order chi connectivity index (χ1) is 11.1. The van der Waals surface area contributed by atoms with E-state index in [0.717, 1.165) is 11.4 Å². The number of aliphatic hydroxyl groups is 1. The van der Waals surface area contributed by atoms with E-state index in [1.54, 1.807) is 28.9 Å². The lowest BCUT2D eigenvalue weighted by Crippen LogP contribution is -2.39. The van der Waals surface area contributed by atoms with E-state index < -0.39 is 6.03 Å². The van der Waals surface area contributed by atoms with Crippen LogP contribution in [0.15, 0.2) is 30.3 Å². The first-order valence-electron chi connectivity index (χ1n) is 7.33. The van der Waals surface area contributed by atoms with Crippen molar-refractivity contribution in [2.45, 2.75) is 26.3 Å². The molecular formula is C16H19N5O2. The predicted molar refractivity (Wildman–Crippen MR) is 86.3 cm³/mol. The third-order valence-electron chi connectivity index (χ3n) is 3.40. The molecule has 1 aromatic heterocycles. The van der Waals surface area contributed by atoms with E-state index >= 15 is 0 Å². The predicted octanol–water partition coefficient (Wildman–Crippen LogP) is 1.94. The summed E-state index contributed by atoms with van der Waals surface area (Å²) < 4.78 is 1.65. The van der Waals surface area contributed by atoms with Crippen LogP contribution in [0.4, 0.5) is 10.6 Å². The number of hydrogen-bond acceptors (Lipinski definition) is 4. The number of aryl methyl sites for hydroxylation is 1. The highest BCUT2D eigenvalue weighted by molar-refractivity contribution is 5.88. The Balaban J connectivity index is 2.15. The Morgan fingerprint density at radius 1 is 1.48 bits per heavy atom. The minimum atomic E-state index is -0.415. The van der Waals surface area contributed by atoms with Crippen molar-refractivity contribution in [1.29, 1.82) is 5.26 Å². The number of carbonyl (C=O) groups is 1. The van der Waals surface area contributed by atoms with Crippen LogP contribution in [0, 0.1) is 18.3 Å². The van der Waals surface area contributed by atoms with Crippen LogP contribution in [0.3, 0.4) is 0 Å². The van der Waals surface area contributed by atoms with Gasteiger partial charge in [0.2, 0.25) is 0 Å². The number of anilines is 1. The number of aliphatic hydroxyl groups excluding tert-OH is 1. The van der Waals surface area contributed by atoms with Crippen LogP contribution in [0.25, 0.3) is 5.69 Å².